The summed E-state index contributed by atoms with van der Waals surface area (Å²) < 4.78 is 14.8. The van der Waals surface area contributed by atoms with Gasteiger partial charge in [0, 0.05) is 10.0 Å². The second-order valence-electron chi connectivity index (χ2n) is 4.28. The molecule has 0 aromatic heterocycles. The van der Waals surface area contributed by atoms with Gasteiger partial charge in [-0.25, -0.2) is 9.82 Å². The molecule has 1 unspecified atom stereocenters. The molecule has 19 heavy (non-hydrogen) atoms. The van der Waals surface area contributed by atoms with Crippen LogP contribution in [-0.4, -0.2) is 0 Å². The molecule has 0 spiro atoms. The fourth-order valence-corrected chi connectivity index (χ4v) is 2.46. The molecule has 0 saturated carbocycles. The number of aryl methyl sites for hydroxylation is 1. The smallest absolute Gasteiger partial charge is 0.148 e. The van der Waals surface area contributed by atoms with Crippen molar-refractivity contribution in [2.75, 3.05) is 0 Å². The first-order chi connectivity index (χ1) is 9.04. The van der Waals surface area contributed by atoms with E-state index in [-0.39, 0.29) is 5.02 Å². The zero-order chi connectivity index (χ0) is 14.0. The van der Waals surface area contributed by atoms with Crippen molar-refractivity contribution in [1.29, 1.82) is 0 Å². The fourth-order valence-electron chi connectivity index (χ4n) is 1.98. The predicted molar refractivity (Wildman–Crippen MR) is 79.5 cm³/mol. The summed E-state index contributed by atoms with van der Waals surface area (Å²) >= 11 is 9.11. The van der Waals surface area contributed by atoms with Gasteiger partial charge >= 0.3 is 0 Å². The van der Waals surface area contributed by atoms with Gasteiger partial charge in [-0.2, -0.15) is 0 Å². The summed E-state index contributed by atoms with van der Waals surface area (Å²) in [4.78, 5) is 0. The molecule has 2 rings (SSSR count). The first kappa shape index (κ1) is 14.5. The van der Waals surface area contributed by atoms with Gasteiger partial charge in [-0.1, -0.05) is 47.5 Å². The second-order valence-corrected chi connectivity index (χ2v) is 5.51. The van der Waals surface area contributed by atoms with E-state index >= 15 is 0 Å². The lowest BCUT2D eigenvalue weighted by molar-refractivity contribution is 0.559. The van der Waals surface area contributed by atoms with Crippen molar-refractivity contribution in [2.24, 2.45) is 5.84 Å². The molecule has 2 aromatic rings. The number of hydrogen-bond acceptors (Lipinski definition) is 2. The first-order valence-corrected chi connectivity index (χ1v) is 6.87. The molecule has 3 N–H and O–H groups in total. The quantitative estimate of drug-likeness (QED) is 0.500. The Morgan fingerprint density at radius 1 is 1.32 bits per heavy atom. The molecule has 0 aliphatic carbocycles. The maximum Gasteiger partial charge on any atom is 0.148 e. The molecule has 0 aliphatic heterocycles. The standard InChI is InChI=1S/C14H13BrClFN2/c1-8-3-2-4-9(7-8)14(19-18)10-5-6-11(15)12(16)13(10)17/h2-7,14,19H,18H2,1H3. The van der Waals surface area contributed by atoms with Crippen LogP contribution in [0.4, 0.5) is 4.39 Å². The summed E-state index contributed by atoms with van der Waals surface area (Å²) in [6.45, 7) is 1.97. The van der Waals surface area contributed by atoms with Crippen LogP contribution >= 0.6 is 27.5 Å². The van der Waals surface area contributed by atoms with Crippen molar-refractivity contribution in [3.05, 3.63) is 68.4 Å². The lowest BCUT2D eigenvalue weighted by Gasteiger charge is -2.19. The normalized spacial score (nSPS) is 12.5. The lowest BCUT2D eigenvalue weighted by Crippen LogP contribution is -2.29. The van der Waals surface area contributed by atoms with Crippen LogP contribution in [0.1, 0.15) is 22.7 Å². The summed E-state index contributed by atoms with van der Waals surface area (Å²) in [5.41, 5.74) is 5.03. The van der Waals surface area contributed by atoms with E-state index in [0.29, 0.717) is 10.0 Å². The van der Waals surface area contributed by atoms with E-state index in [0.717, 1.165) is 11.1 Å². The Morgan fingerprint density at radius 2 is 2.05 bits per heavy atom. The minimum atomic E-state index is -0.472. The highest BCUT2D eigenvalue weighted by Crippen LogP contribution is 2.32. The van der Waals surface area contributed by atoms with E-state index in [1.54, 1.807) is 12.1 Å². The SMILES string of the molecule is Cc1cccc(C(NN)c2ccc(Br)c(Cl)c2F)c1. The van der Waals surface area contributed by atoms with Gasteiger partial charge in [-0.3, -0.25) is 5.84 Å². The number of nitrogens with two attached hydrogens (primary N) is 1. The molecule has 0 heterocycles. The Kier molecular flexibility index (Phi) is 4.58. The van der Waals surface area contributed by atoms with Gasteiger partial charge in [-0.15, -0.1) is 0 Å². The highest BCUT2D eigenvalue weighted by atomic mass is 79.9. The van der Waals surface area contributed by atoms with Crippen LogP contribution < -0.4 is 11.3 Å². The predicted octanol–water partition coefficient (Wildman–Crippen LogP) is 4.10. The van der Waals surface area contributed by atoms with Crippen LogP contribution in [-0.2, 0) is 0 Å². The molecule has 0 saturated heterocycles. The average molecular weight is 344 g/mol. The minimum Gasteiger partial charge on any atom is -0.271 e. The molecule has 0 amide bonds. The largest absolute Gasteiger partial charge is 0.271 e. The van der Waals surface area contributed by atoms with E-state index in [9.17, 15) is 4.39 Å². The van der Waals surface area contributed by atoms with Crippen molar-refractivity contribution in [1.82, 2.24) is 5.43 Å². The number of hydrogen-bond donors (Lipinski definition) is 2. The van der Waals surface area contributed by atoms with Crippen molar-refractivity contribution in [3.63, 3.8) is 0 Å². The summed E-state index contributed by atoms with van der Waals surface area (Å²) in [5.74, 6) is 5.10. The van der Waals surface area contributed by atoms with Crippen LogP contribution in [0.5, 0.6) is 0 Å². The summed E-state index contributed by atoms with van der Waals surface area (Å²) in [6.07, 6.45) is 0. The summed E-state index contributed by atoms with van der Waals surface area (Å²) in [7, 11) is 0. The first-order valence-electron chi connectivity index (χ1n) is 5.70. The number of nitrogens with one attached hydrogen (secondary N) is 1. The molecule has 100 valence electrons. The zero-order valence-corrected chi connectivity index (χ0v) is 12.6. The molecule has 2 nitrogen and oxygen atoms in total. The highest BCUT2D eigenvalue weighted by Gasteiger charge is 2.19. The van der Waals surface area contributed by atoms with Crippen LogP contribution in [0.25, 0.3) is 0 Å². The minimum absolute atomic E-state index is 0.0606. The number of halogens is 3. The Balaban J connectivity index is 2.51. The van der Waals surface area contributed by atoms with Gasteiger partial charge in [-0.05, 0) is 34.5 Å². The number of benzene rings is 2. The summed E-state index contributed by atoms with van der Waals surface area (Å²) in [6, 6.07) is 10.7. The zero-order valence-electron chi connectivity index (χ0n) is 10.3. The molecule has 5 heteroatoms. The van der Waals surface area contributed by atoms with Gasteiger partial charge in [0.2, 0.25) is 0 Å². The third kappa shape index (κ3) is 2.98. The Labute approximate surface area is 124 Å². The van der Waals surface area contributed by atoms with E-state index in [1.807, 2.05) is 31.2 Å². The van der Waals surface area contributed by atoms with Crippen LogP contribution in [0.3, 0.4) is 0 Å². The highest BCUT2D eigenvalue weighted by molar-refractivity contribution is 9.10. The average Bonchev–Trinajstić information content (AvgIpc) is 2.40. The molecular formula is C14H13BrClFN2. The Morgan fingerprint density at radius 3 is 2.68 bits per heavy atom. The fraction of sp³-hybridized carbons (Fsp3) is 0.143. The van der Waals surface area contributed by atoms with E-state index in [1.165, 1.54) is 0 Å². The Bertz CT molecular complexity index is 604. The van der Waals surface area contributed by atoms with Crippen LogP contribution in [0, 0.1) is 12.7 Å². The van der Waals surface area contributed by atoms with Gasteiger partial charge < -0.3 is 0 Å². The monoisotopic (exact) mass is 342 g/mol. The van der Waals surface area contributed by atoms with Crippen molar-refractivity contribution < 1.29 is 4.39 Å². The van der Waals surface area contributed by atoms with Crippen LogP contribution in [0.2, 0.25) is 5.02 Å². The number of rotatable bonds is 3. The van der Waals surface area contributed by atoms with E-state index in [4.69, 9.17) is 17.4 Å². The lowest BCUT2D eigenvalue weighted by atomic mass is 9.97. The molecule has 0 aliphatic rings. The van der Waals surface area contributed by atoms with E-state index < -0.39 is 11.9 Å². The second kappa shape index (κ2) is 6.01. The molecule has 0 bridgehead atoms. The maximum absolute atomic E-state index is 14.2. The molecule has 0 radical (unpaired) electrons. The third-order valence-electron chi connectivity index (χ3n) is 2.92. The molecule has 1 atom stereocenters. The maximum atomic E-state index is 14.2. The van der Waals surface area contributed by atoms with E-state index in [2.05, 4.69) is 21.4 Å². The van der Waals surface area contributed by atoms with Gasteiger partial charge in [0.25, 0.3) is 0 Å². The third-order valence-corrected chi connectivity index (χ3v) is 4.18. The van der Waals surface area contributed by atoms with Gasteiger partial charge in [0.15, 0.2) is 0 Å². The van der Waals surface area contributed by atoms with Gasteiger partial charge in [0.1, 0.15) is 5.82 Å². The van der Waals surface area contributed by atoms with Crippen molar-refractivity contribution in [3.8, 4) is 0 Å². The van der Waals surface area contributed by atoms with Gasteiger partial charge in [0.05, 0.1) is 11.1 Å². The van der Waals surface area contributed by atoms with Crippen LogP contribution in [0.15, 0.2) is 40.9 Å². The summed E-state index contributed by atoms with van der Waals surface area (Å²) in [5, 5.41) is 0.0606. The van der Waals surface area contributed by atoms with Crippen molar-refractivity contribution in [2.45, 2.75) is 13.0 Å². The molecule has 2 aromatic carbocycles. The Hall–Kier alpha value is -0.940. The molecule has 0 fully saturated rings. The van der Waals surface area contributed by atoms with Crippen molar-refractivity contribution >= 4 is 27.5 Å². The molecular weight excluding hydrogens is 331 g/mol. The topological polar surface area (TPSA) is 38.0 Å². The number of hydrazine groups is 1.